The first kappa shape index (κ1) is 12.4. The number of rotatable bonds is 4. The van der Waals surface area contributed by atoms with Crippen LogP contribution in [-0.2, 0) is 9.53 Å². The Balaban J connectivity index is 0. The zero-order valence-corrected chi connectivity index (χ0v) is 6.74. The van der Waals surface area contributed by atoms with Gasteiger partial charge in [0.1, 0.15) is 0 Å². The minimum Gasteiger partial charge on any atom is -0.466 e. The van der Waals surface area contributed by atoms with Crippen molar-refractivity contribution in [3.63, 3.8) is 0 Å². The fourth-order valence-corrected chi connectivity index (χ4v) is 0.407. The van der Waals surface area contributed by atoms with Crippen molar-refractivity contribution in [3.8, 4) is 0 Å². The van der Waals surface area contributed by atoms with Gasteiger partial charge in [0.15, 0.2) is 0 Å². The Morgan fingerprint density at radius 2 is 2.30 bits per heavy atom. The van der Waals surface area contributed by atoms with Crippen molar-refractivity contribution in [2.45, 2.75) is 13.3 Å². The third-order valence-electron chi connectivity index (χ3n) is 0.779. The van der Waals surface area contributed by atoms with E-state index in [0.29, 0.717) is 19.6 Å². The van der Waals surface area contributed by atoms with Crippen LogP contribution >= 0.6 is 12.4 Å². The molecular weight excluding hydrogens is 156 g/mol. The van der Waals surface area contributed by atoms with Crippen LogP contribution < -0.4 is 11.3 Å². The van der Waals surface area contributed by atoms with E-state index >= 15 is 0 Å². The summed E-state index contributed by atoms with van der Waals surface area (Å²) in [4.78, 5) is 10.5. The van der Waals surface area contributed by atoms with Gasteiger partial charge in [-0.1, -0.05) is 0 Å². The molecule has 0 aliphatic carbocycles. The third-order valence-corrected chi connectivity index (χ3v) is 0.779. The molecule has 0 aromatic heterocycles. The number of nitrogens with two attached hydrogens (primary N) is 1. The second-order valence-electron chi connectivity index (χ2n) is 1.51. The smallest absolute Gasteiger partial charge is 0.307 e. The topological polar surface area (TPSA) is 64.3 Å². The van der Waals surface area contributed by atoms with Gasteiger partial charge in [-0.05, 0) is 6.92 Å². The summed E-state index contributed by atoms with van der Waals surface area (Å²) < 4.78 is 4.61. The quantitative estimate of drug-likeness (QED) is 0.348. The van der Waals surface area contributed by atoms with Crippen LogP contribution in [0.25, 0.3) is 0 Å². The molecule has 0 rings (SSSR count). The first-order chi connectivity index (χ1) is 4.31. The molecule has 0 heterocycles. The average Bonchev–Trinajstić information content (AvgIpc) is 1.85. The van der Waals surface area contributed by atoms with Gasteiger partial charge in [0.25, 0.3) is 0 Å². The van der Waals surface area contributed by atoms with E-state index in [0.717, 1.165) is 0 Å². The van der Waals surface area contributed by atoms with E-state index in [1.165, 1.54) is 0 Å². The van der Waals surface area contributed by atoms with Crippen molar-refractivity contribution < 1.29 is 9.53 Å². The van der Waals surface area contributed by atoms with Crippen LogP contribution in [0.5, 0.6) is 0 Å². The molecule has 62 valence electrons. The first-order valence-corrected chi connectivity index (χ1v) is 2.90. The molecule has 0 saturated heterocycles. The number of ether oxygens (including phenoxy) is 1. The predicted molar refractivity (Wildman–Crippen MR) is 40.7 cm³/mol. The summed E-state index contributed by atoms with van der Waals surface area (Å²) in [6.07, 6.45) is 0.338. The standard InChI is InChI=1S/C5H12N2O2.ClH/c1-2-9-5(8)3-4-7-6;/h7H,2-4,6H2,1H3;1H. The summed E-state index contributed by atoms with van der Waals surface area (Å²) in [5.41, 5.74) is 2.36. The van der Waals surface area contributed by atoms with E-state index in [4.69, 9.17) is 5.84 Å². The number of hydrazine groups is 1. The van der Waals surface area contributed by atoms with Gasteiger partial charge in [0, 0.05) is 6.54 Å². The normalized spacial score (nSPS) is 8.20. The molecule has 0 spiro atoms. The second-order valence-corrected chi connectivity index (χ2v) is 1.51. The van der Waals surface area contributed by atoms with Crippen LogP contribution in [0.1, 0.15) is 13.3 Å². The summed E-state index contributed by atoms with van der Waals surface area (Å²) in [5.74, 6) is 4.70. The van der Waals surface area contributed by atoms with E-state index in [1.54, 1.807) is 6.92 Å². The number of halogens is 1. The number of esters is 1. The van der Waals surface area contributed by atoms with Crippen LogP contribution in [0.4, 0.5) is 0 Å². The first-order valence-electron chi connectivity index (χ1n) is 2.90. The molecule has 10 heavy (non-hydrogen) atoms. The number of nitrogens with one attached hydrogen (secondary N) is 1. The Bertz CT molecular complexity index is 89.7. The lowest BCUT2D eigenvalue weighted by atomic mass is 10.4. The molecule has 0 atom stereocenters. The molecule has 3 N–H and O–H groups in total. The molecule has 4 nitrogen and oxygen atoms in total. The monoisotopic (exact) mass is 168 g/mol. The Morgan fingerprint density at radius 1 is 1.70 bits per heavy atom. The maximum absolute atomic E-state index is 10.5. The number of hydrogen-bond acceptors (Lipinski definition) is 4. The lowest BCUT2D eigenvalue weighted by Gasteiger charge is -1.98. The number of carbonyl (C=O) groups is 1. The Hall–Kier alpha value is -0.320. The molecule has 0 aliphatic heterocycles. The fraction of sp³-hybridized carbons (Fsp3) is 0.800. The predicted octanol–water partition coefficient (Wildman–Crippen LogP) is -0.175. The minimum absolute atomic E-state index is 0. The van der Waals surface area contributed by atoms with Crippen molar-refractivity contribution in [3.05, 3.63) is 0 Å². The van der Waals surface area contributed by atoms with E-state index < -0.39 is 0 Å². The van der Waals surface area contributed by atoms with Gasteiger partial charge in [-0.15, -0.1) is 12.4 Å². The highest BCUT2D eigenvalue weighted by atomic mass is 35.5. The molecule has 0 unspecified atom stereocenters. The molecule has 0 aliphatic rings. The van der Waals surface area contributed by atoms with Crippen molar-refractivity contribution in [1.29, 1.82) is 0 Å². The van der Waals surface area contributed by atoms with Gasteiger partial charge in [0.05, 0.1) is 13.0 Å². The van der Waals surface area contributed by atoms with Crippen molar-refractivity contribution in [2.75, 3.05) is 13.2 Å². The lowest BCUT2D eigenvalue weighted by molar-refractivity contribution is -0.142. The van der Waals surface area contributed by atoms with Crippen molar-refractivity contribution in [1.82, 2.24) is 5.43 Å². The second kappa shape index (κ2) is 8.68. The van der Waals surface area contributed by atoms with E-state index in [-0.39, 0.29) is 18.4 Å². The summed E-state index contributed by atoms with van der Waals surface area (Å²) in [7, 11) is 0. The van der Waals surface area contributed by atoms with Crippen LogP contribution in [-0.4, -0.2) is 19.1 Å². The van der Waals surface area contributed by atoms with Gasteiger partial charge in [-0.2, -0.15) is 0 Å². The van der Waals surface area contributed by atoms with Crippen LogP contribution in [0, 0.1) is 0 Å². The molecule has 0 bridgehead atoms. The maximum Gasteiger partial charge on any atom is 0.307 e. The summed E-state index contributed by atoms with van der Waals surface area (Å²) in [5, 5.41) is 0. The maximum atomic E-state index is 10.5. The van der Waals surface area contributed by atoms with Gasteiger partial charge < -0.3 is 4.74 Å². The molecule has 0 fully saturated rings. The fourth-order valence-electron chi connectivity index (χ4n) is 0.407. The zero-order chi connectivity index (χ0) is 7.11. The molecule has 0 aromatic carbocycles. The highest BCUT2D eigenvalue weighted by Crippen LogP contribution is 1.81. The Kier molecular flexibility index (Phi) is 10.7. The molecular formula is C5H13ClN2O2. The van der Waals surface area contributed by atoms with Gasteiger partial charge in [-0.3, -0.25) is 16.1 Å². The van der Waals surface area contributed by atoms with Crippen molar-refractivity contribution in [2.24, 2.45) is 5.84 Å². The highest BCUT2D eigenvalue weighted by Gasteiger charge is 1.97. The lowest BCUT2D eigenvalue weighted by Crippen LogP contribution is -2.25. The van der Waals surface area contributed by atoms with Crippen molar-refractivity contribution >= 4 is 18.4 Å². The molecule has 0 amide bonds. The summed E-state index contributed by atoms with van der Waals surface area (Å²) >= 11 is 0. The van der Waals surface area contributed by atoms with E-state index in [2.05, 4.69) is 10.2 Å². The van der Waals surface area contributed by atoms with Crippen LogP contribution in [0.15, 0.2) is 0 Å². The summed E-state index contributed by atoms with van der Waals surface area (Å²) in [6, 6.07) is 0. The van der Waals surface area contributed by atoms with Gasteiger partial charge in [-0.25, -0.2) is 0 Å². The van der Waals surface area contributed by atoms with E-state index in [9.17, 15) is 4.79 Å². The molecule has 0 radical (unpaired) electrons. The molecule has 0 saturated carbocycles. The highest BCUT2D eigenvalue weighted by molar-refractivity contribution is 5.85. The molecule has 0 aromatic rings. The number of hydrogen-bond donors (Lipinski definition) is 2. The SMILES string of the molecule is CCOC(=O)CCNN.Cl. The molecule has 5 heteroatoms. The third kappa shape index (κ3) is 7.68. The summed E-state index contributed by atoms with van der Waals surface area (Å²) in [6.45, 7) is 2.68. The van der Waals surface area contributed by atoms with Crippen LogP contribution in [0.3, 0.4) is 0 Å². The minimum atomic E-state index is -0.213. The van der Waals surface area contributed by atoms with Crippen LogP contribution in [0.2, 0.25) is 0 Å². The Morgan fingerprint density at radius 3 is 2.70 bits per heavy atom. The van der Waals surface area contributed by atoms with E-state index in [1.807, 2.05) is 0 Å². The average molecular weight is 169 g/mol. The number of carbonyl (C=O) groups excluding carboxylic acids is 1. The Labute approximate surface area is 66.5 Å². The van der Waals surface area contributed by atoms with Gasteiger partial charge in [0.2, 0.25) is 0 Å². The zero-order valence-electron chi connectivity index (χ0n) is 5.92. The largest absolute Gasteiger partial charge is 0.466 e. The van der Waals surface area contributed by atoms with Gasteiger partial charge >= 0.3 is 5.97 Å².